The zero-order valence-corrected chi connectivity index (χ0v) is 19.7. The minimum atomic E-state index is -5.08. The molecule has 0 bridgehead atoms. The van der Waals surface area contributed by atoms with Crippen molar-refractivity contribution >= 4 is 28.9 Å². The first-order chi connectivity index (χ1) is 16.6. The van der Waals surface area contributed by atoms with Crippen LogP contribution in [0.15, 0.2) is 47.1 Å². The molecule has 0 saturated carbocycles. The highest BCUT2D eigenvalue weighted by Crippen LogP contribution is 2.46. The minimum Gasteiger partial charge on any atom is -0.475 e. The molecule has 7 nitrogen and oxygen atoms in total. The van der Waals surface area contributed by atoms with E-state index in [1.165, 1.54) is 5.56 Å². The molecule has 0 unspecified atom stereocenters. The SMILES string of the molecule is Cc1sc(CC(=O)N2CC3(CCNCC3)c3ccccc32)nc1-c1ccco1.O=C(O)C(F)(F)F. The molecule has 1 aromatic carbocycles. The maximum atomic E-state index is 13.3. The number of fused-ring (bicyclic) bond motifs is 2. The number of aryl methyl sites for hydroxylation is 1. The Morgan fingerprint density at radius 2 is 1.89 bits per heavy atom. The number of anilines is 1. The molecule has 4 heterocycles. The van der Waals surface area contributed by atoms with Crippen molar-refractivity contribution in [2.24, 2.45) is 0 Å². The van der Waals surface area contributed by atoms with Crippen LogP contribution in [0.2, 0.25) is 0 Å². The number of benzene rings is 1. The van der Waals surface area contributed by atoms with Crippen LogP contribution in [0.5, 0.6) is 0 Å². The molecule has 5 rings (SSSR count). The van der Waals surface area contributed by atoms with E-state index in [4.69, 9.17) is 19.3 Å². The Morgan fingerprint density at radius 3 is 2.51 bits per heavy atom. The fourth-order valence-electron chi connectivity index (χ4n) is 4.58. The number of carboxylic acid groups (broad SMARTS) is 1. The Kier molecular flexibility index (Phi) is 7.00. The number of hydrogen-bond acceptors (Lipinski definition) is 6. The monoisotopic (exact) mass is 507 g/mol. The molecule has 11 heteroatoms. The number of carbonyl (C=O) groups is 2. The number of thiazole rings is 1. The minimum absolute atomic E-state index is 0.0929. The molecule has 1 saturated heterocycles. The third-order valence-electron chi connectivity index (χ3n) is 6.23. The maximum absolute atomic E-state index is 13.3. The zero-order chi connectivity index (χ0) is 25.2. The van der Waals surface area contributed by atoms with Crippen LogP contribution in [0.3, 0.4) is 0 Å². The van der Waals surface area contributed by atoms with Crippen molar-refractivity contribution in [2.75, 3.05) is 24.5 Å². The highest BCUT2D eigenvalue weighted by atomic mass is 32.1. The van der Waals surface area contributed by atoms with Gasteiger partial charge in [-0.2, -0.15) is 13.2 Å². The number of nitrogens with zero attached hydrogens (tertiary/aromatic N) is 2. The molecule has 1 amide bonds. The lowest BCUT2D eigenvalue weighted by molar-refractivity contribution is -0.192. The van der Waals surface area contributed by atoms with Gasteiger partial charge in [-0.3, -0.25) is 4.79 Å². The lowest BCUT2D eigenvalue weighted by Crippen LogP contribution is -2.44. The number of amides is 1. The van der Waals surface area contributed by atoms with Crippen LogP contribution < -0.4 is 10.2 Å². The quantitative estimate of drug-likeness (QED) is 0.540. The molecule has 0 atom stereocenters. The van der Waals surface area contributed by atoms with Gasteiger partial charge >= 0.3 is 12.1 Å². The van der Waals surface area contributed by atoms with E-state index in [-0.39, 0.29) is 11.3 Å². The van der Waals surface area contributed by atoms with Gasteiger partial charge in [-0.25, -0.2) is 9.78 Å². The van der Waals surface area contributed by atoms with Crippen molar-refractivity contribution in [1.82, 2.24) is 10.3 Å². The number of carbonyl (C=O) groups excluding carboxylic acids is 1. The van der Waals surface area contributed by atoms with Crippen LogP contribution >= 0.6 is 11.3 Å². The molecule has 1 fully saturated rings. The number of hydrogen-bond donors (Lipinski definition) is 2. The average molecular weight is 508 g/mol. The van der Waals surface area contributed by atoms with Gasteiger partial charge < -0.3 is 19.7 Å². The Morgan fingerprint density at radius 1 is 1.20 bits per heavy atom. The number of carboxylic acids is 1. The molecule has 2 aliphatic heterocycles. The second-order valence-corrected chi connectivity index (χ2v) is 9.78. The first kappa shape index (κ1) is 24.9. The van der Waals surface area contributed by atoms with Gasteiger partial charge in [0.15, 0.2) is 5.76 Å². The first-order valence-corrected chi connectivity index (χ1v) is 11.8. The summed E-state index contributed by atoms with van der Waals surface area (Å²) in [5.74, 6) is -1.87. The molecule has 0 aliphatic carbocycles. The van der Waals surface area contributed by atoms with E-state index < -0.39 is 12.1 Å². The van der Waals surface area contributed by atoms with Gasteiger partial charge in [0.25, 0.3) is 0 Å². The summed E-state index contributed by atoms with van der Waals surface area (Å²) < 4.78 is 37.2. The summed E-state index contributed by atoms with van der Waals surface area (Å²) in [6, 6.07) is 12.2. The van der Waals surface area contributed by atoms with E-state index in [9.17, 15) is 18.0 Å². The lowest BCUT2D eigenvalue weighted by atomic mass is 9.75. The summed E-state index contributed by atoms with van der Waals surface area (Å²) in [4.78, 5) is 29.9. The molecule has 2 aromatic heterocycles. The standard InChI is InChI=1S/C22H23N3O2S.C2HF3O2/c1-15-21(18-7-4-12-27-18)24-19(28-15)13-20(26)25-14-22(8-10-23-11-9-22)16-5-2-3-6-17(16)25;3-2(4,5)1(6)7/h2-7,12,23H,8-11,13-14H2,1H3;(H,6,7). The van der Waals surface area contributed by atoms with Crippen LogP contribution in [-0.4, -0.2) is 47.8 Å². The Labute approximate surface area is 203 Å². The van der Waals surface area contributed by atoms with E-state index in [1.54, 1.807) is 17.6 Å². The summed E-state index contributed by atoms with van der Waals surface area (Å²) in [5, 5.41) is 11.4. The van der Waals surface area contributed by atoms with Crippen molar-refractivity contribution in [3.05, 3.63) is 58.1 Å². The number of rotatable bonds is 3. The second-order valence-electron chi connectivity index (χ2n) is 8.50. The van der Waals surface area contributed by atoms with Crippen LogP contribution in [0, 0.1) is 6.92 Å². The van der Waals surface area contributed by atoms with Crippen LogP contribution in [0.1, 0.15) is 28.3 Å². The van der Waals surface area contributed by atoms with Gasteiger partial charge in [-0.15, -0.1) is 11.3 Å². The normalized spacial score (nSPS) is 16.5. The van der Waals surface area contributed by atoms with E-state index in [1.807, 2.05) is 30.0 Å². The fourth-order valence-corrected chi connectivity index (χ4v) is 5.51. The third-order valence-corrected chi connectivity index (χ3v) is 7.20. The number of alkyl halides is 3. The molecule has 0 radical (unpaired) electrons. The third kappa shape index (κ3) is 5.25. The van der Waals surface area contributed by atoms with Gasteiger partial charge in [0.05, 0.1) is 12.7 Å². The Balaban J connectivity index is 0.000000364. The summed E-state index contributed by atoms with van der Waals surface area (Å²) in [7, 11) is 0. The number of halogens is 3. The summed E-state index contributed by atoms with van der Waals surface area (Å²) >= 11 is 1.58. The van der Waals surface area contributed by atoms with Gasteiger partial charge in [0.2, 0.25) is 5.91 Å². The Bertz CT molecular complexity index is 1200. The van der Waals surface area contributed by atoms with Crippen molar-refractivity contribution in [3.63, 3.8) is 0 Å². The predicted octanol–water partition coefficient (Wildman–Crippen LogP) is 4.56. The predicted molar refractivity (Wildman–Crippen MR) is 125 cm³/mol. The summed E-state index contributed by atoms with van der Waals surface area (Å²) in [5.41, 5.74) is 3.34. The molecule has 186 valence electrons. The molecule has 2 aliphatic rings. The molecule has 35 heavy (non-hydrogen) atoms. The molecular weight excluding hydrogens is 483 g/mol. The van der Waals surface area contributed by atoms with E-state index in [2.05, 4.69) is 23.5 Å². The van der Waals surface area contributed by atoms with E-state index in [0.717, 1.165) is 59.5 Å². The fraction of sp³-hybridized carbons (Fsp3) is 0.375. The number of aromatic nitrogens is 1. The van der Waals surface area contributed by atoms with Gasteiger partial charge in [-0.1, -0.05) is 18.2 Å². The van der Waals surface area contributed by atoms with Crippen molar-refractivity contribution < 1.29 is 32.3 Å². The number of furan rings is 1. The topological polar surface area (TPSA) is 95.7 Å². The van der Waals surface area contributed by atoms with Crippen molar-refractivity contribution in [2.45, 2.75) is 37.8 Å². The number of piperidine rings is 1. The van der Waals surface area contributed by atoms with Crippen molar-refractivity contribution in [1.29, 1.82) is 0 Å². The van der Waals surface area contributed by atoms with Gasteiger partial charge in [0.1, 0.15) is 10.7 Å². The van der Waals surface area contributed by atoms with Crippen LogP contribution in [0.4, 0.5) is 18.9 Å². The summed E-state index contributed by atoms with van der Waals surface area (Å²) in [6.07, 6.45) is -0.951. The smallest absolute Gasteiger partial charge is 0.475 e. The number of para-hydroxylation sites is 1. The van der Waals surface area contributed by atoms with E-state index >= 15 is 0 Å². The van der Waals surface area contributed by atoms with Crippen LogP contribution in [0.25, 0.3) is 11.5 Å². The molecule has 2 N–H and O–H groups in total. The van der Waals surface area contributed by atoms with Crippen LogP contribution in [-0.2, 0) is 21.4 Å². The molecule has 1 spiro atoms. The second kappa shape index (κ2) is 9.82. The Hall–Kier alpha value is -3.18. The van der Waals surface area contributed by atoms with E-state index in [0.29, 0.717) is 6.42 Å². The maximum Gasteiger partial charge on any atom is 0.490 e. The summed E-state index contributed by atoms with van der Waals surface area (Å²) in [6.45, 7) is 4.82. The van der Waals surface area contributed by atoms with Crippen molar-refractivity contribution in [3.8, 4) is 11.5 Å². The zero-order valence-electron chi connectivity index (χ0n) is 18.9. The highest BCUT2D eigenvalue weighted by Gasteiger charge is 2.45. The lowest BCUT2D eigenvalue weighted by Gasteiger charge is -2.34. The average Bonchev–Trinajstić information content (AvgIpc) is 3.53. The first-order valence-electron chi connectivity index (χ1n) is 11.0. The number of nitrogens with one attached hydrogen (secondary N) is 1. The van der Waals surface area contributed by atoms with Gasteiger partial charge in [-0.05, 0) is 56.6 Å². The molecular formula is C24H24F3N3O4S. The number of aliphatic carboxylic acids is 1. The molecule has 3 aromatic rings. The highest BCUT2D eigenvalue weighted by molar-refractivity contribution is 7.12. The van der Waals surface area contributed by atoms with Gasteiger partial charge in [0, 0.05) is 22.5 Å². The largest absolute Gasteiger partial charge is 0.490 e.